The molecule has 1 aliphatic rings. The van der Waals surface area contributed by atoms with E-state index in [2.05, 4.69) is 15.6 Å². The zero-order chi connectivity index (χ0) is 23.9. The van der Waals surface area contributed by atoms with Crippen molar-refractivity contribution in [2.45, 2.75) is 57.7 Å². The lowest BCUT2D eigenvalue weighted by molar-refractivity contribution is -0.117. The third-order valence-corrected chi connectivity index (χ3v) is 5.95. The van der Waals surface area contributed by atoms with Gasteiger partial charge in [0, 0.05) is 17.8 Å². The third kappa shape index (κ3) is 6.23. The van der Waals surface area contributed by atoms with E-state index in [1.54, 1.807) is 0 Å². The van der Waals surface area contributed by atoms with Crippen LogP contribution in [-0.4, -0.2) is 28.0 Å². The van der Waals surface area contributed by atoms with Crippen molar-refractivity contribution in [3.8, 4) is 5.88 Å². The molecular weight excluding hydrogens is 428 g/mol. The minimum atomic E-state index is -0.490. The molecule has 1 amide bonds. The minimum absolute atomic E-state index is 0.0320. The van der Waals surface area contributed by atoms with Crippen molar-refractivity contribution in [3.05, 3.63) is 71.3 Å². The van der Waals surface area contributed by atoms with E-state index in [1.165, 1.54) is 0 Å². The lowest BCUT2D eigenvalue weighted by Gasteiger charge is -2.29. The summed E-state index contributed by atoms with van der Waals surface area (Å²) in [6.45, 7) is 2.32. The molecule has 6 N–H and O–H groups in total. The van der Waals surface area contributed by atoms with Gasteiger partial charge in [0.25, 0.3) is 0 Å². The van der Waals surface area contributed by atoms with Crippen LogP contribution in [0.1, 0.15) is 42.4 Å². The van der Waals surface area contributed by atoms with Crippen LogP contribution in [0.4, 0.5) is 17.5 Å². The number of carbonyl (C=O) groups is 1. The monoisotopic (exact) mass is 460 g/mol. The first kappa shape index (κ1) is 23.5. The number of rotatable bonds is 9. The zero-order valence-electron chi connectivity index (χ0n) is 19.5. The van der Waals surface area contributed by atoms with Crippen molar-refractivity contribution in [2.24, 2.45) is 11.5 Å². The maximum Gasteiger partial charge on any atom is 0.228 e. The highest BCUT2D eigenvalue weighted by Crippen LogP contribution is 2.30. The van der Waals surface area contributed by atoms with E-state index in [0.29, 0.717) is 29.8 Å². The van der Waals surface area contributed by atoms with Crippen LogP contribution in [0, 0.1) is 6.92 Å². The Hall–Kier alpha value is -3.65. The Morgan fingerprint density at radius 3 is 2.62 bits per heavy atom. The van der Waals surface area contributed by atoms with Gasteiger partial charge in [0.2, 0.25) is 17.7 Å². The smallest absolute Gasteiger partial charge is 0.228 e. The Balaban J connectivity index is 1.70. The summed E-state index contributed by atoms with van der Waals surface area (Å²) in [6.07, 6.45) is 4.10. The number of aromatic nitrogens is 2. The van der Waals surface area contributed by atoms with Gasteiger partial charge in [-0.1, -0.05) is 55.3 Å². The molecule has 0 bridgehead atoms. The van der Waals surface area contributed by atoms with Crippen LogP contribution in [0.3, 0.4) is 0 Å². The Morgan fingerprint density at radius 2 is 1.88 bits per heavy atom. The first-order valence-corrected chi connectivity index (χ1v) is 11.7. The fraction of sp³-hybridized carbons (Fsp3) is 0.346. The van der Waals surface area contributed by atoms with Crippen molar-refractivity contribution in [1.82, 2.24) is 9.97 Å². The highest BCUT2D eigenvalue weighted by atomic mass is 16.5. The van der Waals surface area contributed by atoms with Crippen LogP contribution in [0.25, 0.3) is 0 Å². The number of hydrogen-bond acceptors (Lipinski definition) is 7. The average Bonchev–Trinajstić information content (AvgIpc) is 2.81. The fourth-order valence-corrected chi connectivity index (χ4v) is 4.17. The summed E-state index contributed by atoms with van der Waals surface area (Å²) in [5.41, 5.74) is 15.4. The van der Waals surface area contributed by atoms with Crippen LogP contribution >= 0.6 is 0 Å². The van der Waals surface area contributed by atoms with Crippen LogP contribution in [0.5, 0.6) is 5.88 Å². The molecule has 8 heteroatoms. The largest absolute Gasteiger partial charge is 0.472 e. The van der Waals surface area contributed by atoms with E-state index < -0.39 is 5.91 Å². The molecule has 0 spiro atoms. The second-order valence-corrected chi connectivity index (χ2v) is 8.79. The van der Waals surface area contributed by atoms with Crippen molar-refractivity contribution < 1.29 is 9.53 Å². The van der Waals surface area contributed by atoms with E-state index in [9.17, 15) is 4.79 Å². The standard InChI is InChI=1S/C26H32N6O2/c1-17-8-7-11-19(14-17)29-24-20(15-23(28)33)25(34-16-18-9-3-2-4-10-18)32-26(31-24)30-22-13-6-5-12-21(22)27/h2-4,7-11,14,21-22H,5-6,12-13,15-16,27H2,1H3,(H2,28,33)(H2,29,30,31,32)/t21-,22+/m0/s1. The van der Waals surface area contributed by atoms with Gasteiger partial charge in [0.15, 0.2) is 0 Å². The molecule has 2 aromatic carbocycles. The molecule has 1 aliphatic carbocycles. The summed E-state index contributed by atoms with van der Waals surface area (Å²) in [6, 6.07) is 17.8. The maximum atomic E-state index is 11.9. The summed E-state index contributed by atoms with van der Waals surface area (Å²) in [4.78, 5) is 21.3. The highest BCUT2D eigenvalue weighted by molar-refractivity contribution is 5.80. The van der Waals surface area contributed by atoms with Gasteiger partial charge in [-0.2, -0.15) is 9.97 Å². The molecule has 1 aromatic heterocycles. The molecule has 0 radical (unpaired) electrons. The summed E-state index contributed by atoms with van der Waals surface area (Å²) < 4.78 is 6.11. The molecule has 0 unspecified atom stereocenters. The van der Waals surface area contributed by atoms with E-state index in [4.69, 9.17) is 21.2 Å². The summed E-state index contributed by atoms with van der Waals surface area (Å²) in [7, 11) is 0. The van der Waals surface area contributed by atoms with Gasteiger partial charge in [0.05, 0.1) is 12.0 Å². The Morgan fingerprint density at radius 1 is 1.09 bits per heavy atom. The number of benzene rings is 2. The summed E-state index contributed by atoms with van der Waals surface area (Å²) in [5.74, 6) is 0.721. The topological polar surface area (TPSA) is 128 Å². The van der Waals surface area contributed by atoms with Crippen molar-refractivity contribution in [1.29, 1.82) is 0 Å². The number of primary amides is 1. The maximum absolute atomic E-state index is 11.9. The number of amides is 1. The third-order valence-electron chi connectivity index (χ3n) is 5.95. The quantitative estimate of drug-likeness (QED) is 0.382. The molecule has 1 saturated carbocycles. The molecule has 3 aromatic rings. The predicted octanol–water partition coefficient (Wildman–Crippen LogP) is 3.82. The number of carbonyl (C=O) groups excluding carboxylic acids is 1. The number of nitrogens with two attached hydrogens (primary N) is 2. The van der Waals surface area contributed by atoms with Gasteiger partial charge in [-0.05, 0) is 43.0 Å². The van der Waals surface area contributed by atoms with Crippen molar-refractivity contribution in [3.63, 3.8) is 0 Å². The molecule has 4 rings (SSSR count). The molecule has 178 valence electrons. The average molecular weight is 461 g/mol. The normalized spacial score (nSPS) is 17.7. The zero-order valence-corrected chi connectivity index (χ0v) is 19.5. The first-order chi connectivity index (χ1) is 16.5. The number of ether oxygens (including phenoxy) is 1. The van der Waals surface area contributed by atoms with Crippen LogP contribution in [-0.2, 0) is 17.8 Å². The Kier molecular flexibility index (Phi) is 7.59. The number of nitrogens with zero attached hydrogens (tertiary/aromatic N) is 2. The van der Waals surface area contributed by atoms with E-state index in [1.807, 2.05) is 61.5 Å². The van der Waals surface area contributed by atoms with Gasteiger partial charge in [0.1, 0.15) is 12.4 Å². The lowest BCUT2D eigenvalue weighted by atomic mass is 9.91. The molecular formula is C26H32N6O2. The molecule has 8 nitrogen and oxygen atoms in total. The minimum Gasteiger partial charge on any atom is -0.472 e. The molecule has 1 heterocycles. The SMILES string of the molecule is Cc1cccc(Nc2nc(N[C@@H]3CCCC[C@@H]3N)nc(OCc3ccccc3)c2CC(N)=O)c1. The number of aryl methyl sites for hydroxylation is 1. The number of anilines is 3. The lowest BCUT2D eigenvalue weighted by Crippen LogP contribution is -2.43. The second kappa shape index (κ2) is 11.0. The molecule has 0 aliphatic heterocycles. The van der Waals surface area contributed by atoms with E-state index in [0.717, 1.165) is 42.5 Å². The first-order valence-electron chi connectivity index (χ1n) is 11.7. The van der Waals surface area contributed by atoms with Gasteiger partial charge in [-0.15, -0.1) is 0 Å². The molecule has 1 fully saturated rings. The van der Waals surface area contributed by atoms with Gasteiger partial charge in [-0.25, -0.2) is 0 Å². The summed E-state index contributed by atoms with van der Waals surface area (Å²) in [5, 5.41) is 6.74. The Labute approximate surface area is 200 Å². The molecule has 0 saturated heterocycles. The molecule has 34 heavy (non-hydrogen) atoms. The predicted molar refractivity (Wildman–Crippen MR) is 134 cm³/mol. The van der Waals surface area contributed by atoms with Gasteiger partial charge < -0.3 is 26.8 Å². The molecule has 2 atom stereocenters. The Bertz CT molecular complexity index is 1120. The van der Waals surface area contributed by atoms with Crippen LogP contribution in [0.2, 0.25) is 0 Å². The van der Waals surface area contributed by atoms with E-state index in [-0.39, 0.29) is 18.5 Å². The number of hydrogen-bond donors (Lipinski definition) is 4. The fourth-order valence-electron chi connectivity index (χ4n) is 4.17. The van der Waals surface area contributed by atoms with Crippen LogP contribution in [0.15, 0.2) is 54.6 Å². The van der Waals surface area contributed by atoms with Gasteiger partial charge in [-0.3, -0.25) is 4.79 Å². The van der Waals surface area contributed by atoms with E-state index >= 15 is 0 Å². The van der Waals surface area contributed by atoms with Gasteiger partial charge >= 0.3 is 0 Å². The number of nitrogens with one attached hydrogen (secondary N) is 2. The summed E-state index contributed by atoms with van der Waals surface area (Å²) >= 11 is 0. The van der Waals surface area contributed by atoms with Crippen molar-refractivity contribution >= 4 is 23.4 Å². The second-order valence-electron chi connectivity index (χ2n) is 8.79. The van der Waals surface area contributed by atoms with Crippen LogP contribution < -0.4 is 26.8 Å². The highest BCUT2D eigenvalue weighted by Gasteiger charge is 2.24. The van der Waals surface area contributed by atoms with Crippen molar-refractivity contribution in [2.75, 3.05) is 10.6 Å².